The van der Waals surface area contributed by atoms with Crippen LogP contribution in [0, 0.1) is 11.7 Å². The van der Waals surface area contributed by atoms with Crippen LogP contribution in [0.5, 0.6) is 0 Å². The lowest BCUT2D eigenvalue weighted by atomic mass is 9.94. The van der Waals surface area contributed by atoms with Crippen LogP contribution in [0.4, 0.5) is 10.3 Å². The van der Waals surface area contributed by atoms with E-state index in [0.29, 0.717) is 17.4 Å². The number of fused-ring (bicyclic) bond motifs is 1. The number of rotatable bonds is 1. The second-order valence-electron chi connectivity index (χ2n) is 5.69. The average Bonchev–Trinajstić information content (AvgIpc) is 2.66. The van der Waals surface area contributed by atoms with E-state index >= 15 is 0 Å². The summed E-state index contributed by atoms with van der Waals surface area (Å²) in [5.41, 5.74) is 7.43. The standard InChI is InChI=1S/C14H18ClFN4/c1-8-7-19(2)4-3-12(8)20-13-5-9(15)10(16)6-11(13)18-14(20)17/h5-6,8,12H,3-4,7H2,1-2H3,(H2,17,18). The van der Waals surface area contributed by atoms with Crippen LogP contribution in [-0.2, 0) is 0 Å². The maximum atomic E-state index is 13.5. The zero-order valence-electron chi connectivity index (χ0n) is 11.6. The van der Waals surface area contributed by atoms with Crippen LogP contribution in [0.15, 0.2) is 12.1 Å². The van der Waals surface area contributed by atoms with Gasteiger partial charge in [-0.15, -0.1) is 0 Å². The fourth-order valence-corrected chi connectivity index (χ4v) is 3.34. The van der Waals surface area contributed by atoms with Gasteiger partial charge in [0.2, 0.25) is 5.95 Å². The maximum Gasteiger partial charge on any atom is 0.201 e. The van der Waals surface area contributed by atoms with Gasteiger partial charge in [-0.1, -0.05) is 18.5 Å². The summed E-state index contributed by atoms with van der Waals surface area (Å²) in [5, 5.41) is 0.110. The first-order valence-electron chi connectivity index (χ1n) is 6.78. The van der Waals surface area contributed by atoms with Crippen molar-refractivity contribution >= 4 is 28.6 Å². The summed E-state index contributed by atoms with van der Waals surface area (Å²) in [5.74, 6) is 0.431. The number of hydrogen-bond donors (Lipinski definition) is 1. The minimum absolute atomic E-state index is 0.110. The van der Waals surface area contributed by atoms with Crippen molar-refractivity contribution < 1.29 is 4.39 Å². The Hall–Kier alpha value is -1.33. The number of nitrogen functional groups attached to an aromatic ring is 1. The van der Waals surface area contributed by atoms with Gasteiger partial charge in [-0.2, -0.15) is 0 Å². The molecule has 2 atom stereocenters. The minimum atomic E-state index is -0.458. The predicted octanol–water partition coefficient (Wildman–Crippen LogP) is 2.92. The molecule has 1 aliphatic rings. The first kappa shape index (κ1) is 13.6. The Balaban J connectivity index is 2.11. The number of anilines is 1. The van der Waals surface area contributed by atoms with E-state index in [1.165, 1.54) is 6.07 Å². The van der Waals surface area contributed by atoms with Crippen molar-refractivity contribution in [1.29, 1.82) is 0 Å². The molecule has 0 saturated carbocycles. The van der Waals surface area contributed by atoms with Crippen molar-refractivity contribution in [2.45, 2.75) is 19.4 Å². The number of hydrogen-bond acceptors (Lipinski definition) is 3. The lowest BCUT2D eigenvalue weighted by Gasteiger charge is -2.36. The SMILES string of the molecule is CC1CN(C)CCC1n1c(N)nc2cc(F)c(Cl)cc21. The van der Waals surface area contributed by atoms with Crippen LogP contribution < -0.4 is 5.73 Å². The molecule has 6 heteroatoms. The van der Waals surface area contributed by atoms with Gasteiger partial charge in [0.1, 0.15) is 5.82 Å². The molecule has 2 heterocycles. The normalized spacial score (nSPS) is 24.4. The molecule has 1 fully saturated rings. The van der Waals surface area contributed by atoms with E-state index in [4.69, 9.17) is 17.3 Å². The number of piperidine rings is 1. The average molecular weight is 297 g/mol. The van der Waals surface area contributed by atoms with Crippen LogP contribution in [0.25, 0.3) is 11.0 Å². The molecule has 2 unspecified atom stereocenters. The first-order chi connectivity index (χ1) is 9.47. The molecule has 1 aromatic heterocycles. The Morgan fingerprint density at radius 2 is 2.20 bits per heavy atom. The number of nitrogens with two attached hydrogens (primary N) is 1. The molecular formula is C14H18ClFN4. The summed E-state index contributed by atoms with van der Waals surface area (Å²) < 4.78 is 15.5. The number of likely N-dealkylation sites (tertiary alicyclic amines) is 1. The molecule has 1 aliphatic heterocycles. The van der Waals surface area contributed by atoms with Crippen molar-refractivity contribution in [3.05, 3.63) is 23.0 Å². The summed E-state index contributed by atoms with van der Waals surface area (Å²) in [6.07, 6.45) is 1.00. The summed E-state index contributed by atoms with van der Waals surface area (Å²) >= 11 is 5.90. The largest absolute Gasteiger partial charge is 0.369 e. The lowest BCUT2D eigenvalue weighted by Crippen LogP contribution is -2.38. The Labute approximate surface area is 122 Å². The van der Waals surface area contributed by atoms with Gasteiger partial charge < -0.3 is 15.2 Å². The van der Waals surface area contributed by atoms with Gasteiger partial charge in [0.05, 0.1) is 16.1 Å². The number of nitrogens with zero attached hydrogens (tertiary/aromatic N) is 3. The van der Waals surface area contributed by atoms with Gasteiger partial charge in [-0.05, 0) is 32.0 Å². The number of halogens is 2. The topological polar surface area (TPSA) is 47.1 Å². The summed E-state index contributed by atoms with van der Waals surface area (Å²) in [4.78, 5) is 6.58. The van der Waals surface area contributed by atoms with E-state index in [1.807, 2.05) is 4.57 Å². The quantitative estimate of drug-likeness (QED) is 0.880. The van der Waals surface area contributed by atoms with Crippen molar-refractivity contribution in [2.24, 2.45) is 5.92 Å². The van der Waals surface area contributed by atoms with Gasteiger partial charge in [-0.3, -0.25) is 0 Å². The summed E-state index contributed by atoms with van der Waals surface area (Å²) in [6.45, 7) is 4.23. The smallest absolute Gasteiger partial charge is 0.201 e. The van der Waals surface area contributed by atoms with Gasteiger partial charge in [0, 0.05) is 18.7 Å². The molecule has 0 aliphatic carbocycles. The predicted molar refractivity (Wildman–Crippen MR) is 79.4 cm³/mol. The van der Waals surface area contributed by atoms with Crippen LogP contribution in [0.2, 0.25) is 5.02 Å². The third-order valence-electron chi connectivity index (χ3n) is 4.15. The Morgan fingerprint density at radius 1 is 1.45 bits per heavy atom. The zero-order valence-corrected chi connectivity index (χ0v) is 12.4. The molecule has 1 aromatic carbocycles. The highest BCUT2D eigenvalue weighted by Crippen LogP contribution is 2.34. The van der Waals surface area contributed by atoms with Gasteiger partial charge in [0.15, 0.2) is 0 Å². The highest BCUT2D eigenvalue weighted by molar-refractivity contribution is 6.31. The minimum Gasteiger partial charge on any atom is -0.369 e. The Bertz CT molecular complexity index is 654. The van der Waals surface area contributed by atoms with Crippen molar-refractivity contribution in [2.75, 3.05) is 25.9 Å². The van der Waals surface area contributed by atoms with Crippen LogP contribution in [-0.4, -0.2) is 34.6 Å². The van der Waals surface area contributed by atoms with E-state index in [-0.39, 0.29) is 11.1 Å². The fourth-order valence-electron chi connectivity index (χ4n) is 3.18. The van der Waals surface area contributed by atoms with Gasteiger partial charge >= 0.3 is 0 Å². The Morgan fingerprint density at radius 3 is 2.90 bits per heavy atom. The highest BCUT2D eigenvalue weighted by Gasteiger charge is 2.28. The van der Waals surface area contributed by atoms with E-state index < -0.39 is 5.82 Å². The van der Waals surface area contributed by atoms with Crippen LogP contribution in [0.1, 0.15) is 19.4 Å². The second kappa shape index (κ2) is 4.90. The third kappa shape index (κ3) is 2.15. The molecule has 2 aromatic rings. The molecule has 4 nitrogen and oxygen atoms in total. The molecule has 0 spiro atoms. The van der Waals surface area contributed by atoms with Crippen LogP contribution >= 0.6 is 11.6 Å². The number of imidazole rings is 1. The molecule has 1 saturated heterocycles. The van der Waals surface area contributed by atoms with E-state index in [1.54, 1.807) is 6.07 Å². The second-order valence-corrected chi connectivity index (χ2v) is 6.10. The lowest BCUT2D eigenvalue weighted by molar-refractivity contribution is 0.162. The first-order valence-corrected chi connectivity index (χ1v) is 7.16. The van der Waals surface area contributed by atoms with Crippen molar-refractivity contribution in [1.82, 2.24) is 14.5 Å². The number of benzene rings is 1. The van der Waals surface area contributed by atoms with E-state index in [9.17, 15) is 4.39 Å². The molecule has 20 heavy (non-hydrogen) atoms. The molecule has 0 amide bonds. The molecule has 0 radical (unpaired) electrons. The molecule has 0 bridgehead atoms. The van der Waals surface area contributed by atoms with E-state index in [0.717, 1.165) is 25.0 Å². The highest BCUT2D eigenvalue weighted by atomic mass is 35.5. The van der Waals surface area contributed by atoms with Gasteiger partial charge in [-0.25, -0.2) is 9.37 Å². The van der Waals surface area contributed by atoms with E-state index in [2.05, 4.69) is 23.9 Å². The third-order valence-corrected chi connectivity index (χ3v) is 4.44. The maximum absolute atomic E-state index is 13.5. The molecular weight excluding hydrogens is 279 g/mol. The van der Waals surface area contributed by atoms with Gasteiger partial charge in [0.25, 0.3) is 0 Å². The summed E-state index contributed by atoms with van der Waals surface area (Å²) in [7, 11) is 2.12. The zero-order chi connectivity index (χ0) is 14.4. The molecule has 2 N–H and O–H groups in total. The number of aromatic nitrogens is 2. The van der Waals surface area contributed by atoms with Crippen molar-refractivity contribution in [3.8, 4) is 0 Å². The molecule has 108 valence electrons. The van der Waals surface area contributed by atoms with Crippen molar-refractivity contribution in [3.63, 3.8) is 0 Å². The Kier molecular flexibility index (Phi) is 3.34. The monoisotopic (exact) mass is 296 g/mol. The molecule has 3 rings (SSSR count). The van der Waals surface area contributed by atoms with Crippen LogP contribution in [0.3, 0.4) is 0 Å². The fraction of sp³-hybridized carbons (Fsp3) is 0.500. The summed E-state index contributed by atoms with van der Waals surface area (Å²) in [6, 6.07) is 3.25.